The molecule has 4 heterocycles. The van der Waals surface area contributed by atoms with Crippen LogP contribution < -0.4 is 10.2 Å². The van der Waals surface area contributed by atoms with E-state index in [0.717, 1.165) is 22.0 Å². The fraction of sp³-hybridized carbons (Fsp3) is 0.351. The molecule has 13 nitrogen and oxygen atoms in total. The number of carbonyl (C=O) groups is 2. The maximum Gasteiger partial charge on any atom is 0.269 e. The number of hydrogen-bond acceptors (Lipinski definition) is 8. The zero-order chi connectivity index (χ0) is 36.8. The van der Waals surface area contributed by atoms with E-state index in [1.807, 2.05) is 49.5 Å². The van der Waals surface area contributed by atoms with Gasteiger partial charge in [-0.3, -0.25) is 24.4 Å². The summed E-state index contributed by atoms with van der Waals surface area (Å²) in [5.74, 6) is -1.20. The fourth-order valence-corrected chi connectivity index (χ4v) is 10.6. The van der Waals surface area contributed by atoms with Crippen molar-refractivity contribution in [1.29, 1.82) is 0 Å². The molecule has 0 radical (unpaired) electrons. The summed E-state index contributed by atoms with van der Waals surface area (Å²) in [6.07, 6.45) is 3.78. The van der Waals surface area contributed by atoms with Crippen molar-refractivity contribution in [2.24, 2.45) is 5.92 Å². The number of hydrogen-bond donors (Lipinski definition) is 3. The Balaban J connectivity index is 1.13. The van der Waals surface area contributed by atoms with Crippen LogP contribution in [0, 0.1) is 16.0 Å². The highest BCUT2D eigenvalue weighted by Crippen LogP contribution is 2.60. The van der Waals surface area contributed by atoms with Crippen LogP contribution in [0.4, 0.5) is 21.2 Å². The first-order valence-electron chi connectivity index (χ1n) is 17.3. The summed E-state index contributed by atoms with van der Waals surface area (Å²) in [4.78, 5) is 43.8. The summed E-state index contributed by atoms with van der Waals surface area (Å²) >= 11 is 0. The molecule has 4 atom stereocenters. The van der Waals surface area contributed by atoms with Gasteiger partial charge in [0.2, 0.25) is 14.3 Å². The quantitative estimate of drug-likeness (QED) is 0.0628. The van der Waals surface area contributed by atoms with E-state index in [9.17, 15) is 24.8 Å². The van der Waals surface area contributed by atoms with Crippen molar-refractivity contribution in [3.63, 3.8) is 0 Å². The number of H-pyrrole nitrogens is 1. The Kier molecular flexibility index (Phi) is 9.27. The van der Waals surface area contributed by atoms with Crippen LogP contribution in [0.5, 0.6) is 0 Å². The predicted molar refractivity (Wildman–Crippen MR) is 195 cm³/mol. The number of anilines is 2. The molecule has 0 unspecified atom stereocenters. The van der Waals surface area contributed by atoms with Crippen molar-refractivity contribution in [2.75, 3.05) is 16.8 Å². The molecule has 2 aromatic heterocycles. The van der Waals surface area contributed by atoms with Gasteiger partial charge in [-0.25, -0.2) is 0 Å². The number of nitrogens with one attached hydrogen (secondary N) is 2. The average Bonchev–Trinajstić information content (AvgIpc) is 3.86. The number of aliphatic hydroxyl groups is 1. The Labute approximate surface area is 300 Å². The minimum atomic E-state index is -3.47. The number of aromatic amines is 1. The molecule has 1 fully saturated rings. The lowest BCUT2D eigenvalue weighted by atomic mass is 9.82. The number of non-ortho nitro benzene ring substituents is 1. The first kappa shape index (κ1) is 35.2. The molecule has 5 aromatic rings. The summed E-state index contributed by atoms with van der Waals surface area (Å²) in [7, 11) is -3.47. The van der Waals surface area contributed by atoms with Crippen LogP contribution in [0.2, 0.25) is 18.6 Å². The Morgan fingerprint density at radius 2 is 1.94 bits per heavy atom. The Bertz CT molecular complexity index is 2150. The van der Waals surface area contributed by atoms with E-state index in [0.29, 0.717) is 42.0 Å². The predicted octanol–water partition coefficient (Wildman–Crippen LogP) is 5.80. The maximum absolute atomic E-state index is 16.3. The normalized spacial score (nSPS) is 21.3. The van der Waals surface area contributed by atoms with E-state index in [-0.39, 0.29) is 31.2 Å². The molecule has 270 valence electrons. The van der Waals surface area contributed by atoms with Crippen molar-refractivity contribution >= 4 is 48.2 Å². The number of fused-ring (bicyclic) bond motifs is 3. The molecule has 2 aliphatic heterocycles. The van der Waals surface area contributed by atoms with Gasteiger partial charge in [0, 0.05) is 77.7 Å². The smallest absolute Gasteiger partial charge is 0.269 e. The fourth-order valence-electron chi connectivity index (χ4n) is 8.04. The van der Waals surface area contributed by atoms with Crippen LogP contribution in [0.15, 0.2) is 79.1 Å². The summed E-state index contributed by atoms with van der Waals surface area (Å²) in [5.41, 5.74) is 2.24. The number of aromatic nitrogens is 4. The Morgan fingerprint density at radius 3 is 2.67 bits per heavy atom. The number of nitro groups is 1. The molecule has 1 saturated heterocycles. The molecule has 0 bridgehead atoms. The molecule has 1 spiro atoms. The monoisotopic (exact) mass is 725 g/mol. The van der Waals surface area contributed by atoms with Crippen LogP contribution in [0.3, 0.4) is 0 Å². The van der Waals surface area contributed by atoms with Crippen molar-refractivity contribution < 1.29 is 28.5 Å². The topological polar surface area (TPSA) is 169 Å². The Morgan fingerprint density at radius 1 is 1.17 bits per heavy atom. The standard InChI is InChI=1S/C37H40FN7O6Si/c1-23-35(52(2,3)38)33(14-16-43-22-27(15-17-46)41-42-43)51-37(23)30-19-28(45(49)50)12-13-32(30)44(36(37)48)21-24-8-10-26(11-9-24)40-34(47)18-25-20-39-31-7-5-4-6-29(25)31/h4-13,19-20,22-23,33,35,39,46H,14-18,21H2,1-3H3,(H,40,47)/t23-,33+,35-,37+/m0/s1. The van der Waals surface area contributed by atoms with Crippen LogP contribution in [-0.2, 0) is 45.9 Å². The molecule has 3 aromatic carbocycles. The summed E-state index contributed by atoms with van der Waals surface area (Å²) < 4.78 is 24.6. The van der Waals surface area contributed by atoms with E-state index in [4.69, 9.17) is 4.74 Å². The van der Waals surface area contributed by atoms with E-state index >= 15 is 4.11 Å². The molecule has 15 heteroatoms. The zero-order valence-corrected chi connectivity index (χ0v) is 30.1. The largest absolute Gasteiger partial charge is 0.396 e. The molecule has 3 N–H and O–H groups in total. The number of halogens is 1. The number of para-hydroxylation sites is 1. The van der Waals surface area contributed by atoms with Gasteiger partial charge in [0.05, 0.1) is 35.4 Å². The Hall–Kier alpha value is -5.25. The number of benzene rings is 3. The van der Waals surface area contributed by atoms with Gasteiger partial charge in [-0.05, 0) is 54.9 Å². The molecular weight excluding hydrogens is 686 g/mol. The molecule has 2 amide bonds. The van der Waals surface area contributed by atoms with Crippen LogP contribution in [-0.4, -0.2) is 62.9 Å². The maximum atomic E-state index is 16.3. The molecule has 0 aliphatic carbocycles. The number of amides is 2. The number of aryl methyl sites for hydroxylation is 1. The van der Waals surface area contributed by atoms with E-state index in [1.54, 1.807) is 47.1 Å². The second-order valence-electron chi connectivity index (χ2n) is 14.1. The van der Waals surface area contributed by atoms with E-state index < -0.39 is 42.4 Å². The van der Waals surface area contributed by atoms with Gasteiger partial charge in [0.25, 0.3) is 11.6 Å². The second-order valence-corrected chi connectivity index (χ2v) is 17.9. The number of nitro benzene ring substituents is 1. The lowest BCUT2D eigenvalue weighted by Gasteiger charge is -2.31. The highest BCUT2D eigenvalue weighted by Gasteiger charge is 2.66. The van der Waals surface area contributed by atoms with Gasteiger partial charge in [-0.15, -0.1) is 5.10 Å². The van der Waals surface area contributed by atoms with Crippen molar-refractivity contribution in [3.05, 3.63) is 112 Å². The third-order valence-electron chi connectivity index (χ3n) is 10.4. The number of rotatable bonds is 12. The third kappa shape index (κ3) is 6.39. The van der Waals surface area contributed by atoms with E-state index in [2.05, 4.69) is 20.6 Å². The SMILES string of the molecule is C[C@H]1[C@H]([Si](C)(C)F)[C@@H](CCn2cc(CCO)nn2)O[C@]12C(=O)N(Cc1ccc(NC(=O)Cc3c[nH]c4ccccc34)cc1)c1ccc([N+](=O)[O-])cc12. The van der Waals surface area contributed by atoms with Crippen molar-refractivity contribution in [3.8, 4) is 0 Å². The number of nitrogens with zero attached hydrogens (tertiary/aromatic N) is 5. The van der Waals surface area contributed by atoms with Gasteiger partial charge < -0.3 is 29.2 Å². The molecule has 2 aliphatic rings. The van der Waals surface area contributed by atoms with Crippen molar-refractivity contribution in [1.82, 2.24) is 20.0 Å². The van der Waals surface area contributed by atoms with Gasteiger partial charge in [0.15, 0.2) is 5.60 Å². The first-order chi connectivity index (χ1) is 24.9. The third-order valence-corrected chi connectivity index (χ3v) is 12.8. The van der Waals surface area contributed by atoms with E-state index in [1.165, 1.54) is 12.1 Å². The van der Waals surface area contributed by atoms with Crippen LogP contribution >= 0.6 is 0 Å². The second kappa shape index (κ2) is 13.7. The van der Waals surface area contributed by atoms with Crippen LogP contribution in [0.25, 0.3) is 10.9 Å². The summed E-state index contributed by atoms with van der Waals surface area (Å²) in [5, 5.41) is 33.3. The minimum absolute atomic E-state index is 0.0639. The number of aliphatic hydroxyl groups excluding tert-OH is 1. The number of carbonyl (C=O) groups excluding carboxylic acids is 2. The molecule has 7 rings (SSSR count). The van der Waals surface area contributed by atoms with Crippen molar-refractivity contribution in [2.45, 2.75) is 69.6 Å². The molecular formula is C37H40FN7O6Si. The number of ether oxygens (including phenoxy) is 1. The first-order valence-corrected chi connectivity index (χ1v) is 20.3. The highest BCUT2D eigenvalue weighted by molar-refractivity contribution is 6.72. The minimum Gasteiger partial charge on any atom is -0.396 e. The summed E-state index contributed by atoms with van der Waals surface area (Å²) in [6.45, 7) is 5.42. The zero-order valence-electron chi connectivity index (χ0n) is 29.1. The molecule has 52 heavy (non-hydrogen) atoms. The molecule has 0 saturated carbocycles. The van der Waals surface area contributed by atoms with Gasteiger partial charge >= 0.3 is 0 Å². The van der Waals surface area contributed by atoms with Gasteiger partial charge in [-0.1, -0.05) is 42.5 Å². The highest BCUT2D eigenvalue weighted by atomic mass is 28.4. The van der Waals surface area contributed by atoms with Gasteiger partial charge in [-0.2, -0.15) is 0 Å². The lowest BCUT2D eigenvalue weighted by molar-refractivity contribution is -0.385. The van der Waals surface area contributed by atoms with Crippen LogP contribution in [0.1, 0.15) is 35.7 Å². The average molecular weight is 726 g/mol. The lowest BCUT2D eigenvalue weighted by Crippen LogP contribution is -2.45. The summed E-state index contributed by atoms with van der Waals surface area (Å²) in [6, 6.07) is 19.3. The van der Waals surface area contributed by atoms with Gasteiger partial charge in [0.1, 0.15) is 0 Å².